The predicted octanol–water partition coefficient (Wildman–Crippen LogP) is 3.26. The monoisotopic (exact) mass is 437 g/mol. The summed E-state index contributed by atoms with van der Waals surface area (Å²) in [6, 6.07) is 12.6. The number of anilines is 1. The number of piperazine rings is 1. The van der Waals surface area contributed by atoms with Crippen molar-refractivity contribution >= 4 is 28.3 Å². The zero-order valence-electron chi connectivity index (χ0n) is 17.7. The number of hydrogen-bond donors (Lipinski definition) is 1. The van der Waals surface area contributed by atoms with E-state index in [1.165, 1.54) is 0 Å². The van der Waals surface area contributed by atoms with E-state index in [-0.39, 0.29) is 23.4 Å². The van der Waals surface area contributed by atoms with Crippen molar-refractivity contribution in [3.8, 4) is 11.8 Å². The summed E-state index contributed by atoms with van der Waals surface area (Å²) in [5.74, 6) is 0.195. The molecule has 0 aliphatic carbocycles. The number of benzene rings is 1. The predicted molar refractivity (Wildman–Crippen MR) is 121 cm³/mol. The number of aromatic hydroxyl groups is 1. The van der Waals surface area contributed by atoms with E-state index >= 15 is 0 Å². The van der Waals surface area contributed by atoms with Crippen LogP contribution in [0.4, 0.5) is 5.69 Å². The second-order valence-electron chi connectivity index (χ2n) is 8.16. The number of rotatable bonds is 3. The van der Waals surface area contributed by atoms with Gasteiger partial charge in [0.2, 0.25) is 0 Å². The Labute approximate surface area is 185 Å². The van der Waals surface area contributed by atoms with Crippen LogP contribution in [-0.4, -0.2) is 44.7 Å². The summed E-state index contributed by atoms with van der Waals surface area (Å²) in [6.07, 6.45) is 0. The van der Waals surface area contributed by atoms with Crippen molar-refractivity contribution in [3.05, 3.63) is 63.0 Å². The second-order valence-corrected chi connectivity index (χ2v) is 8.59. The molecule has 1 aliphatic heterocycles. The maximum absolute atomic E-state index is 12.6. The Morgan fingerprint density at radius 3 is 2.68 bits per heavy atom. The standard InChI is InChI=1S/C23H24ClN5O2/c1-14-12-29(15(2)11-28(14)13-16-4-5-17(24)8-21(16)30)20-9-22(31)27(3)19-7-6-18(10-25)26-23(19)20/h4-9,14-15,30H,11-13H2,1-3H3/t14-,15+/m1/s1. The lowest BCUT2D eigenvalue weighted by Gasteiger charge is -2.45. The molecule has 31 heavy (non-hydrogen) atoms. The second kappa shape index (κ2) is 8.22. The molecule has 1 saturated heterocycles. The summed E-state index contributed by atoms with van der Waals surface area (Å²) in [6.45, 7) is 6.28. The number of phenolic OH excluding ortho intramolecular Hbond substituents is 1. The van der Waals surface area contributed by atoms with Gasteiger partial charge in [-0.2, -0.15) is 5.26 Å². The summed E-state index contributed by atoms with van der Waals surface area (Å²) in [5, 5.41) is 20.0. The summed E-state index contributed by atoms with van der Waals surface area (Å²) in [5.41, 5.74) is 3.16. The van der Waals surface area contributed by atoms with Crippen LogP contribution in [0.3, 0.4) is 0 Å². The molecule has 0 spiro atoms. The summed E-state index contributed by atoms with van der Waals surface area (Å²) >= 11 is 5.96. The highest BCUT2D eigenvalue weighted by Gasteiger charge is 2.31. The van der Waals surface area contributed by atoms with Crippen molar-refractivity contribution in [3.63, 3.8) is 0 Å². The fourth-order valence-corrected chi connectivity index (χ4v) is 4.40. The van der Waals surface area contributed by atoms with Crippen LogP contribution in [0.25, 0.3) is 11.0 Å². The van der Waals surface area contributed by atoms with E-state index in [0.29, 0.717) is 34.8 Å². The quantitative estimate of drug-likeness (QED) is 0.676. The zero-order chi connectivity index (χ0) is 22.3. The van der Waals surface area contributed by atoms with Crippen molar-refractivity contribution < 1.29 is 5.11 Å². The van der Waals surface area contributed by atoms with Crippen molar-refractivity contribution in [2.75, 3.05) is 18.0 Å². The molecule has 2 aromatic heterocycles. The lowest BCUT2D eigenvalue weighted by atomic mass is 10.0. The first kappa shape index (κ1) is 21.2. The third kappa shape index (κ3) is 3.97. The first-order valence-electron chi connectivity index (χ1n) is 10.2. The molecule has 1 aromatic carbocycles. The molecule has 2 atom stereocenters. The van der Waals surface area contributed by atoms with Gasteiger partial charge in [-0.15, -0.1) is 0 Å². The molecule has 1 N–H and O–H groups in total. The maximum atomic E-state index is 12.6. The molecule has 7 nitrogen and oxygen atoms in total. The molecule has 1 aliphatic rings. The number of aromatic nitrogens is 2. The number of nitrogens with zero attached hydrogens (tertiary/aromatic N) is 5. The van der Waals surface area contributed by atoms with Gasteiger partial charge in [0.05, 0.1) is 11.2 Å². The highest BCUT2D eigenvalue weighted by molar-refractivity contribution is 6.30. The number of fused-ring (bicyclic) bond motifs is 1. The average Bonchev–Trinajstić information content (AvgIpc) is 2.74. The van der Waals surface area contributed by atoms with E-state index in [0.717, 1.165) is 17.8 Å². The van der Waals surface area contributed by atoms with Gasteiger partial charge in [-0.1, -0.05) is 17.7 Å². The van der Waals surface area contributed by atoms with Crippen LogP contribution in [0.15, 0.2) is 41.2 Å². The van der Waals surface area contributed by atoms with Crippen molar-refractivity contribution in [2.45, 2.75) is 32.5 Å². The van der Waals surface area contributed by atoms with Gasteiger partial charge in [-0.3, -0.25) is 9.69 Å². The molecule has 4 rings (SSSR count). The Morgan fingerprint density at radius 2 is 1.97 bits per heavy atom. The molecular weight excluding hydrogens is 414 g/mol. The number of nitriles is 1. The lowest BCUT2D eigenvalue weighted by molar-refractivity contribution is 0.156. The molecule has 0 saturated carbocycles. The highest BCUT2D eigenvalue weighted by atomic mass is 35.5. The van der Waals surface area contributed by atoms with Crippen LogP contribution in [0.1, 0.15) is 25.1 Å². The van der Waals surface area contributed by atoms with Crippen LogP contribution in [0.2, 0.25) is 5.02 Å². The van der Waals surface area contributed by atoms with Crippen LogP contribution < -0.4 is 10.5 Å². The minimum Gasteiger partial charge on any atom is -0.508 e. The fourth-order valence-electron chi connectivity index (χ4n) is 4.24. The molecule has 160 valence electrons. The zero-order valence-corrected chi connectivity index (χ0v) is 18.5. The van der Waals surface area contributed by atoms with Gasteiger partial charge in [-0.05, 0) is 38.1 Å². The largest absolute Gasteiger partial charge is 0.508 e. The van der Waals surface area contributed by atoms with Crippen LogP contribution in [-0.2, 0) is 13.6 Å². The highest BCUT2D eigenvalue weighted by Crippen LogP contribution is 2.30. The third-order valence-electron chi connectivity index (χ3n) is 6.03. The van der Waals surface area contributed by atoms with Gasteiger partial charge < -0.3 is 14.6 Å². The van der Waals surface area contributed by atoms with Gasteiger partial charge in [-0.25, -0.2) is 4.98 Å². The number of aryl methyl sites for hydroxylation is 1. The van der Waals surface area contributed by atoms with Crippen LogP contribution in [0, 0.1) is 11.3 Å². The molecule has 0 amide bonds. The SMILES string of the molecule is C[C@@H]1CN(c2cc(=O)n(C)c3ccc(C#N)nc23)[C@@H](C)CN1Cc1ccc(Cl)cc1O. The maximum Gasteiger partial charge on any atom is 0.252 e. The Balaban J connectivity index is 1.67. The smallest absolute Gasteiger partial charge is 0.252 e. The first-order chi connectivity index (χ1) is 14.8. The van der Waals surface area contributed by atoms with Gasteiger partial charge in [0.15, 0.2) is 0 Å². The van der Waals surface area contributed by atoms with Crippen LogP contribution >= 0.6 is 11.6 Å². The Kier molecular flexibility index (Phi) is 5.61. The molecule has 1 fully saturated rings. The lowest BCUT2D eigenvalue weighted by Crippen LogP contribution is -2.56. The van der Waals surface area contributed by atoms with Crippen molar-refractivity contribution in [1.82, 2.24) is 14.5 Å². The van der Waals surface area contributed by atoms with Gasteiger partial charge in [0.1, 0.15) is 23.0 Å². The minimum atomic E-state index is -0.109. The topological polar surface area (TPSA) is 85.4 Å². The summed E-state index contributed by atoms with van der Waals surface area (Å²) in [7, 11) is 1.71. The molecule has 0 bridgehead atoms. The molecular formula is C23H24ClN5O2. The van der Waals surface area contributed by atoms with E-state index in [9.17, 15) is 15.2 Å². The van der Waals surface area contributed by atoms with E-state index in [1.807, 2.05) is 6.07 Å². The number of halogens is 1. The number of pyridine rings is 2. The molecule has 3 heterocycles. The first-order valence-corrected chi connectivity index (χ1v) is 10.5. The van der Waals surface area contributed by atoms with Gasteiger partial charge >= 0.3 is 0 Å². The Morgan fingerprint density at radius 1 is 1.19 bits per heavy atom. The van der Waals surface area contributed by atoms with E-state index in [1.54, 1.807) is 41.9 Å². The average molecular weight is 438 g/mol. The summed E-state index contributed by atoms with van der Waals surface area (Å²) in [4.78, 5) is 21.6. The van der Waals surface area contributed by atoms with Gasteiger partial charge in [0, 0.05) is 55.4 Å². The van der Waals surface area contributed by atoms with E-state index in [2.05, 4.69) is 34.7 Å². The van der Waals surface area contributed by atoms with Crippen LogP contribution in [0.5, 0.6) is 5.75 Å². The van der Waals surface area contributed by atoms with E-state index < -0.39 is 0 Å². The molecule has 0 radical (unpaired) electrons. The van der Waals surface area contributed by atoms with Gasteiger partial charge in [0.25, 0.3) is 5.56 Å². The minimum absolute atomic E-state index is 0.105. The van der Waals surface area contributed by atoms with Crippen molar-refractivity contribution in [2.24, 2.45) is 7.05 Å². The number of hydrogen-bond acceptors (Lipinski definition) is 6. The fraction of sp³-hybridized carbons (Fsp3) is 0.348. The van der Waals surface area contributed by atoms with E-state index in [4.69, 9.17) is 11.6 Å². The Hall–Kier alpha value is -3.08. The molecule has 0 unspecified atom stereocenters. The molecule has 8 heteroatoms. The third-order valence-corrected chi connectivity index (χ3v) is 6.26. The summed E-state index contributed by atoms with van der Waals surface area (Å²) < 4.78 is 1.56. The Bertz CT molecular complexity index is 1250. The normalized spacial score (nSPS) is 19.5. The number of phenols is 1. The molecule has 3 aromatic rings. The van der Waals surface area contributed by atoms with Crippen molar-refractivity contribution in [1.29, 1.82) is 5.26 Å².